The number of halogens is 1. The van der Waals surface area contributed by atoms with E-state index in [4.69, 9.17) is 0 Å². The molecule has 1 fully saturated rings. The fraction of sp³-hybridized carbons (Fsp3) is 0.417. The lowest BCUT2D eigenvalue weighted by Crippen LogP contribution is -2.15. The quantitative estimate of drug-likeness (QED) is 0.940. The largest absolute Gasteiger partial charge is 0.310 e. The zero-order chi connectivity index (χ0) is 11.8. The van der Waals surface area contributed by atoms with Gasteiger partial charge in [-0.25, -0.2) is 0 Å². The van der Waals surface area contributed by atoms with Crippen LogP contribution in [0.5, 0.6) is 0 Å². The third-order valence-electron chi connectivity index (χ3n) is 2.86. The fourth-order valence-electron chi connectivity index (χ4n) is 1.85. The number of hydrogen-bond acceptors (Lipinski definition) is 3. The van der Waals surface area contributed by atoms with Crippen molar-refractivity contribution < 1.29 is 0 Å². The van der Waals surface area contributed by atoms with E-state index < -0.39 is 0 Å². The van der Waals surface area contributed by atoms with Crippen LogP contribution in [0.4, 0.5) is 0 Å². The molecule has 1 aliphatic carbocycles. The lowest BCUT2D eigenvalue weighted by atomic mass is 10.2. The van der Waals surface area contributed by atoms with Crippen molar-refractivity contribution in [2.24, 2.45) is 7.05 Å². The molecule has 2 heterocycles. The molecule has 1 saturated carbocycles. The molecule has 0 bridgehead atoms. The Kier molecular flexibility index (Phi) is 3.06. The first-order valence-electron chi connectivity index (χ1n) is 5.72. The maximum atomic E-state index is 4.56. The van der Waals surface area contributed by atoms with E-state index in [1.54, 1.807) is 11.3 Å². The van der Waals surface area contributed by atoms with Gasteiger partial charge >= 0.3 is 0 Å². The Bertz CT molecular complexity index is 528. The summed E-state index contributed by atoms with van der Waals surface area (Å²) in [6.07, 6.45) is 4.75. The number of aromatic nitrogens is 2. The molecule has 0 aromatic carbocycles. The average Bonchev–Trinajstić information content (AvgIpc) is 2.91. The standard InChI is InChI=1S/C12H14BrN3S/c1-16-6-8(5-14-10-2-3-10)12(15-16)11-4-9(13)7-17-11/h4,6-7,10,14H,2-3,5H2,1H3. The molecule has 90 valence electrons. The van der Waals surface area contributed by atoms with Crippen LogP contribution >= 0.6 is 27.3 Å². The third kappa shape index (κ3) is 2.61. The molecule has 0 unspecified atom stereocenters. The van der Waals surface area contributed by atoms with Crippen molar-refractivity contribution in [1.29, 1.82) is 0 Å². The smallest absolute Gasteiger partial charge is 0.107 e. The SMILES string of the molecule is Cn1cc(CNC2CC2)c(-c2cc(Br)cs2)n1. The van der Waals surface area contributed by atoms with Crippen LogP contribution in [0.15, 0.2) is 22.1 Å². The van der Waals surface area contributed by atoms with Gasteiger partial charge in [-0.05, 0) is 34.8 Å². The zero-order valence-corrected chi connectivity index (χ0v) is 12.0. The van der Waals surface area contributed by atoms with Crippen LogP contribution in [0.25, 0.3) is 10.6 Å². The van der Waals surface area contributed by atoms with E-state index in [0.717, 1.165) is 22.8 Å². The second kappa shape index (κ2) is 4.55. The molecule has 2 aromatic rings. The van der Waals surface area contributed by atoms with Crippen LogP contribution < -0.4 is 5.32 Å². The molecule has 2 aromatic heterocycles. The Morgan fingerprint density at radius 3 is 3.06 bits per heavy atom. The molecule has 17 heavy (non-hydrogen) atoms. The predicted molar refractivity (Wildman–Crippen MR) is 74.1 cm³/mol. The van der Waals surface area contributed by atoms with Gasteiger partial charge in [-0.15, -0.1) is 11.3 Å². The van der Waals surface area contributed by atoms with Crippen LogP contribution in [0, 0.1) is 0 Å². The molecule has 1 aliphatic rings. The van der Waals surface area contributed by atoms with Gasteiger partial charge in [0, 0.05) is 41.2 Å². The molecule has 0 aliphatic heterocycles. The molecule has 5 heteroatoms. The summed E-state index contributed by atoms with van der Waals surface area (Å²) in [5.74, 6) is 0. The topological polar surface area (TPSA) is 29.9 Å². The molecule has 0 amide bonds. The van der Waals surface area contributed by atoms with Gasteiger partial charge in [0.15, 0.2) is 0 Å². The lowest BCUT2D eigenvalue weighted by molar-refractivity contribution is 0.687. The molecule has 3 rings (SSSR count). The highest BCUT2D eigenvalue weighted by atomic mass is 79.9. The Morgan fingerprint density at radius 1 is 1.59 bits per heavy atom. The molecule has 0 saturated heterocycles. The summed E-state index contributed by atoms with van der Waals surface area (Å²) in [6, 6.07) is 2.87. The van der Waals surface area contributed by atoms with Gasteiger partial charge in [-0.2, -0.15) is 5.10 Å². The number of nitrogens with one attached hydrogen (secondary N) is 1. The normalized spacial score (nSPS) is 15.4. The highest BCUT2D eigenvalue weighted by Gasteiger charge is 2.21. The van der Waals surface area contributed by atoms with Crippen LogP contribution in [0.2, 0.25) is 0 Å². The third-order valence-corrected chi connectivity index (χ3v) is 4.56. The van der Waals surface area contributed by atoms with E-state index in [9.17, 15) is 0 Å². The summed E-state index contributed by atoms with van der Waals surface area (Å²) >= 11 is 5.22. The Hall–Kier alpha value is -0.650. The number of hydrogen-bond donors (Lipinski definition) is 1. The van der Waals surface area contributed by atoms with Crippen LogP contribution in [0.1, 0.15) is 18.4 Å². The van der Waals surface area contributed by atoms with Crippen LogP contribution in [-0.2, 0) is 13.6 Å². The average molecular weight is 312 g/mol. The highest BCUT2D eigenvalue weighted by molar-refractivity contribution is 9.10. The van der Waals surface area contributed by atoms with Crippen molar-refractivity contribution in [2.75, 3.05) is 0 Å². The van der Waals surface area contributed by atoms with Crippen molar-refractivity contribution in [2.45, 2.75) is 25.4 Å². The van der Waals surface area contributed by atoms with E-state index in [1.165, 1.54) is 23.3 Å². The van der Waals surface area contributed by atoms with Gasteiger partial charge in [0.2, 0.25) is 0 Å². The molecule has 0 atom stereocenters. The van der Waals surface area contributed by atoms with Crippen molar-refractivity contribution in [3.8, 4) is 10.6 Å². The summed E-state index contributed by atoms with van der Waals surface area (Å²) in [5.41, 5.74) is 2.39. The van der Waals surface area contributed by atoms with Crippen molar-refractivity contribution in [3.63, 3.8) is 0 Å². The first-order chi connectivity index (χ1) is 8.22. The number of aryl methyl sites for hydroxylation is 1. The Morgan fingerprint density at radius 2 is 2.41 bits per heavy atom. The van der Waals surface area contributed by atoms with Crippen molar-refractivity contribution in [1.82, 2.24) is 15.1 Å². The van der Waals surface area contributed by atoms with Crippen molar-refractivity contribution in [3.05, 3.63) is 27.7 Å². The van der Waals surface area contributed by atoms with E-state index in [0.29, 0.717) is 0 Å². The number of rotatable bonds is 4. The Labute approximate surface area is 113 Å². The summed E-state index contributed by atoms with van der Waals surface area (Å²) in [4.78, 5) is 1.23. The number of thiophene rings is 1. The van der Waals surface area contributed by atoms with Gasteiger partial charge in [0.1, 0.15) is 5.69 Å². The monoisotopic (exact) mass is 311 g/mol. The summed E-state index contributed by atoms with van der Waals surface area (Å²) < 4.78 is 3.02. The fourth-order valence-corrected chi connectivity index (χ4v) is 3.30. The second-order valence-corrected chi connectivity index (χ2v) is 6.29. The maximum absolute atomic E-state index is 4.56. The van der Waals surface area contributed by atoms with E-state index in [2.05, 4.69) is 44.0 Å². The minimum absolute atomic E-state index is 0.734. The Balaban J connectivity index is 1.86. The van der Waals surface area contributed by atoms with Gasteiger partial charge in [0.05, 0.1) is 4.88 Å². The lowest BCUT2D eigenvalue weighted by Gasteiger charge is -2.01. The van der Waals surface area contributed by atoms with E-state index in [-0.39, 0.29) is 0 Å². The maximum Gasteiger partial charge on any atom is 0.107 e. The minimum Gasteiger partial charge on any atom is -0.310 e. The molecule has 1 N–H and O–H groups in total. The molecule has 3 nitrogen and oxygen atoms in total. The second-order valence-electron chi connectivity index (χ2n) is 4.46. The summed E-state index contributed by atoms with van der Waals surface area (Å²) in [5, 5.41) is 10.2. The first-order valence-corrected chi connectivity index (χ1v) is 7.40. The van der Waals surface area contributed by atoms with Crippen LogP contribution in [-0.4, -0.2) is 15.8 Å². The highest BCUT2D eigenvalue weighted by Crippen LogP contribution is 2.31. The van der Waals surface area contributed by atoms with E-state index in [1.807, 2.05) is 11.7 Å². The van der Waals surface area contributed by atoms with Gasteiger partial charge in [0.25, 0.3) is 0 Å². The predicted octanol–water partition coefficient (Wildman–Crippen LogP) is 3.16. The van der Waals surface area contributed by atoms with Gasteiger partial charge in [-0.3, -0.25) is 4.68 Å². The van der Waals surface area contributed by atoms with Gasteiger partial charge in [-0.1, -0.05) is 0 Å². The van der Waals surface area contributed by atoms with Crippen LogP contribution in [0.3, 0.4) is 0 Å². The number of nitrogens with zero attached hydrogens (tertiary/aromatic N) is 2. The molecular formula is C12H14BrN3S. The first kappa shape index (κ1) is 11.4. The molecule has 0 spiro atoms. The van der Waals surface area contributed by atoms with Crippen molar-refractivity contribution >= 4 is 27.3 Å². The summed E-state index contributed by atoms with van der Waals surface area (Å²) in [7, 11) is 1.98. The van der Waals surface area contributed by atoms with E-state index >= 15 is 0 Å². The summed E-state index contributed by atoms with van der Waals surface area (Å²) in [6.45, 7) is 0.920. The minimum atomic E-state index is 0.734. The molecular weight excluding hydrogens is 298 g/mol. The zero-order valence-electron chi connectivity index (χ0n) is 9.61. The van der Waals surface area contributed by atoms with Gasteiger partial charge < -0.3 is 5.32 Å². The molecule has 0 radical (unpaired) electrons.